The number of rotatable bonds is 4. The lowest BCUT2D eigenvalue weighted by Crippen LogP contribution is -2.18. The molecule has 0 unspecified atom stereocenters. The highest BCUT2D eigenvalue weighted by atomic mass is 16.3. The highest BCUT2D eigenvalue weighted by Crippen LogP contribution is 2.24. The Balaban J connectivity index is 1.52. The molecule has 1 N–H and O–H groups in total. The summed E-state index contributed by atoms with van der Waals surface area (Å²) in [5, 5.41) is 26.6. The number of aromatic amines is 1. The molecule has 2 heterocycles. The molecule has 8 heteroatoms. The van der Waals surface area contributed by atoms with E-state index in [1.165, 1.54) is 0 Å². The molecule has 0 amide bonds. The summed E-state index contributed by atoms with van der Waals surface area (Å²) in [7, 11) is 0. The minimum absolute atomic E-state index is 0.339. The van der Waals surface area contributed by atoms with Gasteiger partial charge in [-0.05, 0) is 60.0 Å². The number of hydrogen-bond donors (Lipinski definition) is 1. The van der Waals surface area contributed by atoms with E-state index in [2.05, 4.69) is 35.2 Å². The fourth-order valence-corrected chi connectivity index (χ4v) is 3.42. The average Bonchev–Trinajstić information content (AvgIpc) is 3.41. The van der Waals surface area contributed by atoms with Gasteiger partial charge in [0.25, 0.3) is 0 Å². The molecular weight excluding hydrogens is 378 g/mol. The van der Waals surface area contributed by atoms with Crippen LogP contribution in [0, 0.1) is 6.92 Å². The van der Waals surface area contributed by atoms with Gasteiger partial charge in [-0.15, -0.1) is 10.2 Å². The number of benzene rings is 3. The number of aliphatic imine (C=N–C) groups is 1. The first-order valence-electron chi connectivity index (χ1n) is 9.33. The molecule has 0 aliphatic heterocycles. The van der Waals surface area contributed by atoms with Crippen LogP contribution >= 0.6 is 0 Å². The summed E-state index contributed by atoms with van der Waals surface area (Å²) in [5.41, 5.74) is 4.44. The quantitative estimate of drug-likeness (QED) is 0.372. The van der Waals surface area contributed by atoms with Gasteiger partial charge in [-0.3, -0.25) is 9.56 Å². The van der Waals surface area contributed by atoms with Crippen molar-refractivity contribution in [1.82, 2.24) is 30.2 Å². The normalized spacial score (nSPS) is 11.8. The van der Waals surface area contributed by atoms with Gasteiger partial charge in [0.2, 0.25) is 5.82 Å². The maximum Gasteiger partial charge on any atom is 0.204 e. The van der Waals surface area contributed by atoms with Crippen LogP contribution in [0.25, 0.3) is 28.1 Å². The number of para-hydroxylation sites is 1. The van der Waals surface area contributed by atoms with E-state index in [1.54, 1.807) is 30.3 Å². The Kier molecular flexibility index (Phi) is 4.29. The smallest absolute Gasteiger partial charge is 0.204 e. The molecule has 0 spiro atoms. The van der Waals surface area contributed by atoms with Gasteiger partial charge < -0.3 is 5.11 Å². The summed E-state index contributed by atoms with van der Waals surface area (Å²) in [6.07, 6.45) is 0. The van der Waals surface area contributed by atoms with Crippen molar-refractivity contribution in [2.45, 2.75) is 6.92 Å². The van der Waals surface area contributed by atoms with Crippen molar-refractivity contribution < 1.29 is 5.11 Å². The molecule has 2 aromatic heterocycles. The molecule has 0 aliphatic rings. The molecule has 0 fully saturated rings. The van der Waals surface area contributed by atoms with E-state index >= 15 is 0 Å². The number of aromatic nitrogens is 6. The topological polar surface area (TPSA) is 108 Å². The van der Waals surface area contributed by atoms with E-state index in [9.17, 15) is 5.11 Å². The third kappa shape index (κ3) is 3.20. The second-order valence-corrected chi connectivity index (χ2v) is 6.74. The predicted octanol–water partition coefficient (Wildman–Crippen LogP) is 2.95. The Bertz CT molecular complexity index is 1360. The third-order valence-corrected chi connectivity index (χ3v) is 4.76. The molecule has 5 rings (SSSR count). The number of H-pyrrole nitrogens is 1. The van der Waals surface area contributed by atoms with Gasteiger partial charge in [0.05, 0.1) is 16.7 Å². The number of imidazole rings is 1. The van der Waals surface area contributed by atoms with E-state index < -0.39 is 0 Å². The van der Waals surface area contributed by atoms with Crippen molar-refractivity contribution in [3.05, 3.63) is 84.2 Å². The molecule has 0 bridgehead atoms. The number of aryl methyl sites for hydroxylation is 1. The minimum Gasteiger partial charge on any atom is -0.858 e. The molecule has 0 atom stereocenters. The Hall–Kier alpha value is -4.33. The Morgan fingerprint density at radius 1 is 1.00 bits per heavy atom. The van der Waals surface area contributed by atoms with Crippen LogP contribution in [0.2, 0.25) is 0 Å². The van der Waals surface area contributed by atoms with Crippen LogP contribution in [0.4, 0.5) is 5.69 Å². The van der Waals surface area contributed by atoms with Crippen molar-refractivity contribution in [2.75, 3.05) is 0 Å². The number of hydrogen-bond acceptors (Lipinski definition) is 6. The van der Waals surface area contributed by atoms with Gasteiger partial charge in [0.15, 0.2) is 0 Å². The largest absolute Gasteiger partial charge is 0.858 e. The maximum atomic E-state index is 12.8. The van der Waals surface area contributed by atoms with Crippen LogP contribution in [0.3, 0.4) is 0 Å². The molecule has 8 nitrogen and oxygen atoms in total. The number of nitrogens with one attached hydrogen (secondary N) is 1. The zero-order chi connectivity index (χ0) is 20.5. The molecule has 0 saturated carbocycles. The zero-order valence-electron chi connectivity index (χ0n) is 16.0. The summed E-state index contributed by atoms with van der Waals surface area (Å²) in [6.45, 7) is 1.95. The van der Waals surface area contributed by atoms with Crippen molar-refractivity contribution >= 4 is 22.6 Å². The lowest BCUT2D eigenvalue weighted by atomic mass is 10.1. The number of tetrazole rings is 1. The van der Waals surface area contributed by atoms with Crippen LogP contribution in [-0.4, -0.2) is 36.1 Å². The molecule has 3 aromatic carbocycles. The van der Waals surface area contributed by atoms with Gasteiger partial charge in [0.1, 0.15) is 5.82 Å². The average molecular weight is 394 g/mol. The molecule has 0 saturated heterocycles. The number of fused-ring (bicyclic) bond motifs is 1. The fourth-order valence-electron chi connectivity index (χ4n) is 3.42. The number of nitrogens with zero attached hydrogens (tertiary/aromatic N) is 6. The summed E-state index contributed by atoms with van der Waals surface area (Å²) >= 11 is 0. The Morgan fingerprint density at radius 3 is 2.67 bits per heavy atom. The molecule has 0 radical (unpaired) electrons. The summed E-state index contributed by atoms with van der Waals surface area (Å²) < 4.78 is 2.06. The van der Waals surface area contributed by atoms with E-state index in [-0.39, 0.29) is 5.90 Å². The first kappa shape index (κ1) is 17.7. The second kappa shape index (κ2) is 7.25. The zero-order valence-corrected chi connectivity index (χ0v) is 16.0. The van der Waals surface area contributed by atoms with Crippen LogP contribution in [0.15, 0.2) is 77.8 Å². The monoisotopic (exact) mass is 394 g/mol. The van der Waals surface area contributed by atoms with Crippen molar-refractivity contribution in [1.29, 1.82) is 0 Å². The van der Waals surface area contributed by atoms with E-state index in [1.807, 2.05) is 49.4 Å². The van der Waals surface area contributed by atoms with E-state index in [0.29, 0.717) is 17.1 Å². The molecule has 5 aromatic rings. The summed E-state index contributed by atoms with van der Waals surface area (Å²) in [4.78, 5) is 8.86. The van der Waals surface area contributed by atoms with E-state index in [4.69, 9.17) is 0 Å². The van der Waals surface area contributed by atoms with Crippen molar-refractivity contribution in [2.24, 2.45) is 4.99 Å². The third-order valence-electron chi connectivity index (χ3n) is 4.76. The summed E-state index contributed by atoms with van der Waals surface area (Å²) in [6, 6.07) is 22.6. The molecule has 30 heavy (non-hydrogen) atoms. The van der Waals surface area contributed by atoms with Gasteiger partial charge >= 0.3 is 0 Å². The molecule has 146 valence electrons. The van der Waals surface area contributed by atoms with E-state index in [0.717, 1.165) is 28.1 Å². The van der Waals surface area contributed by atoms with Gasteiger partial charge in [-0.25, -0.2) is 4.98 Å². The first-order chi connectivity index (χ1) is 14.7. The predicted molar refractivity (Wildman–Crippen MR) is 112 cm³/mol. The standard InChI is InChI=1S/C22H17N7O/c1-14-23-19-13-16(10-11-20(19)29(14)18-8-3-2-4-9-18)22(30)24-17-7-5-6-15(12-17)21-25-27-28-26-21/h2-13H,1H3,(H,24,30)(H,25,26,27,28)/p-1. The first-order valence-corrected chi connectivity index (χ1v) is 9.33. The Morgan fingerprint density at radius 2 is 1.87 bits per heavy atom. The lowest BCUT2D eigenvalue weighted by molar-refractivity contribution is -0.212. The van der Waals surface area contributed by atoms with Gasteiger partial charge in [-0.2, -0.15) is 5.21 Å². The Labute approximate surface area is 171 Å². The fraction of sp³-hybridized carbons (Fsp3) is 0.0455. The maximum absolute atomic E-state index is 12.8. The van der Waals surface area contributed by atoms with Crippen LogP contribution in [0.1, 0.15) is 11.4 Å². The second-order valence-electron chi connectivity index (χ2n) is 6.74. The minimum atomic E-state index is -0.339. The van der Waals surface area contributed by atoms with Gasteiger partial charge in [-0.1, -0.05) is 36.4 Å². The SMILES string of the molecule is Cc1nc2cc(C([O-])=Nc3cccc(-c4nn[nH]n4)c3)ccc2n1-c1ccccc1. The van der Waals surface area contributed by atoms with Crippen molar-refractivity contribution in [3.8, 4) is 17.1 Å². The van der Waals surface area contributed by atoms with Gasteiger partial charge in [0, 0.05) is 11.3 Å². The summed E-state index contributed by atoms with van der Waals surface area (Å²) in [5.74, 6) is 0.961. The molecule has 0 aliphatic carbocycles. The van der Waals surface area contributed by atoms with Crippen molar-refractivity contribution in [3.63, 3.8) is 0 Å². The molecular formula is C22H16N7O-. The van der Waals surface area contributed by atoms with Crippen LogP contribution in [0.5, 0.6) is 0 Å². The lowest BCUT2D eigenvalue weighted by Gasteiger charge is -2.12. The van der Waals surface area contributed by atoms with Crippen LogP contribution < -0.4 is 5.11 Å². The van der Waals surface area contributed by atoms with Crippen LogP contribution in [-0.2, 0) is 0 Å². The highest BCUT2D eigenvalue weighted by Gasteiger charge is 2.10. The highest BCUT2D eigenvalue weighted by molar-refractivity contribution is 5.96.